The van der Waals surface area contributed by atoms with Crippen molar-refractivity contribution in [2.24, 2.45) is 0 Å². The first-order valence-electron chi connectivity index (χ1n) is 6.44. The van der Waals surface area contributed by atoms with E-state index in [2.05, 4.69) is 52.9 Å². The van der Waals surface area contributed by atoms with Crippen molar-refractivity contribution in [2.45, 2.75) is 59.5 Å². The Morgan fingerprint density at radius 3 is 1.30 bits per heavy atom. The Bertz CT molecular complexity index is 182. The van der Waals surface area contributed by atoms with Gasteiger partial charge in [-0.05, 0) is 0 Å². The second-order valence-electron chi connectivity index (χ2n) is 4.27. The van der Waals surface area contributed by atoms with Gasteiger partial charge in [0.2, 0.25) is 0 Å². The number of benzene rings is 1. The van der Waals surface area contributed by atoms with Crippen LogP contribution in [0.1, 0.15) is 47.5 Å². The molecule has 0 N–H and O–H groups in total. The Kier molecular flexibility index (Phi) is 46.2. The molecular formula is C16H28Li3N. The average molecular weight is 255 g/mol. The van der Waals surface area contributed by atoms with Crippen molar-refractivity contribution in [1.82, 2.24) is 0 Å². The molecule has 100 valence electrons. The van der Waals surface area contributed by atoms with E-state index in [-0.39, 0.29) is 56.6 Å². The maximum absolute atomic E-state index is 4.28. The average Bonchev–Trinajstić information content (AvgIpc) is 2.30. The van der Waals surface area contributed by atoms with Gasteiger partial charge >= 0.3 is 56.6 Å². The van der Waals surface area contributed by atoms with Crippen LogP contribution < -0.4 is 56.6 Å². The quantitative estimate of drug-likeness (QED) is 0.390. The fraction of sp³-hybridized carbons (Fsp3) is 0.562. The van der Waals surface area contributed by atoms with Crippen LogP contribution in [-0.4, -0.2) is 12.1 Å². The van der Waals surface area contributed by atoms with Gasteiger partial charge in [-0.15, -0.1) is 12.1 Å². The molecule has 0 atom stereocenters. The Hall–Kier alpha value is 0.972. The summed E-state index contributed by atoms with van der Waals surface area (Å²) in [6.45, 7) is 14.1. The predicted molar refractivity (Wildman–Crippen MR) is 79.2 cm³/mol. The van der Waals surface area contributed by atoms with Crippen molar-refractivity contribution in [3.63, 3.8) is 0 Å². The first-order valence-corrected chi connectivity index (χ1v) is 6.44. The van der Waals surface area contributed by atoms with E-state index in [0.717, 1.165) is 6.42 Å². The van der Waals surface area contributed by atoms with Gasteiger partial charge in [-0.25, -0.2) is 0 Å². The van der Waals surface area contributed by atoms with Crippen LogP contribution in [0.15, 0.2) is 30.3 Å². The fourth-order valence-corrected chi connectivity index (χ4v) is 0.938. The van der Waals surface area contributed by atoms with Crippen LogP contribution in [-0.2, 0) is 0 Å². The topological polar surface area (TPSA) is 14.1 Å². The fourth-order valence-electron chi connectivity index (χ4n) is 0.938. The Labute approximate surface area is 164 Å². The summed E-state index contributed by atoms with van der Waals surface area (Å²) >= 11 is 0. The Balaban J connectivity index is -0.0000000539. The molecule has 20 heavy (non-hydrogen) atoms. The summed E-state index contributed by atoms with van der Waals surface area (Å²) in [6, 6.07) is 13.5. The number of rotatable bonds is 3. The molecule has 0 amide bonds. The van der Waals surface area contributed by atoms with Gasteiger partial charge in [0.15, 0.2) is 0 Å². The molecule has 0 aromatic heterocycles. The van der Waals surface area contributed by atoms with Crippen LogP contribution in [0.2, 0.25) is 0 Å². The molecule has 0 aliphatic carbocycles. The predicted octanol–water partition coefficient (Wildman–Crippen LogP) is -3.70. The molecule has 0 fully saturated rings. The summed E-state index contributed by atoms with van der Waals surface area (Å²) < 4.78 is 0. The van der Waals surface area contributed by atoms with E-state index in [1.54, 1.807) is 0 Å². The summed E-state index contributed by atoms with van der Waals surface area (Å²) in [5.74, 6) is 0. The first kappa shape index (κ1) is 32.8. The standard InChI is InChI=1S/C6H14N.C6H5.C4H9.3Li/c1-5(2)7-6(3)4;1-2-4-6-5-3-1;1-3-4-2;;;/h5-6H,1-4H3;1-5H;1,3-4H2,2H3;;;/q3*-1;3*+1. The molecule has 0 saturated carbocycles. The van der Waals surface area contributed by atoms with Gasteiger partial charge in [-0.3, -0.25) is 0 Å². The number of nitrogens with zero attached hydrogens (tertiary/aromatic N) is 1. The maximum atomic E-state index is 4.28. The van der Waals surface area contributed by atoms with Crippen molar-refractivity contribution >= 4 is 0 Å². The van der Waals surface area contributed by atoms with E-state index in [0.29, 0.717) is 12.1 Å². The molecule has 0 aliphatic heterocycles. The molecular weight excluding hydrogens is 227 g/mol. The van der Waals surface area contributed by atoms with Gasteiger partial charge in [0.1, 0.15) is 0 Å². The van der Waals surface area contributed by atoms with Crippen LogP contribution in [0.25, 0.3) is 5.32 Å². The summed E-state index contributed by atoms with van der Waals surface area (Å²) in [4.78, 5) is 0. The van der Waals surface area contributed by atoms with Crippen LogP contribution in [0.5, 0.6) is 0 Å². The SMILES string of the molecule is CC(C)[N-]C(C)C.[CH2-]CCC.[Li+].[Li+].[Li+].[c-]1ccccc1. The number of hydrogen-bond acceptors (Lipinski definition) is 0. The second-order valence-corrected chi connectivity index (χ2v) is 4.27. The third-order valence-electron chi connectivity index (χ3n) is 1.56. The monoisotopic (exact) mass is 255 g/mol. The van der Waals surface area contributed by atoms with Gasteiger partial charge in [0.05, 0.1) is 0 Å². The zero-order valence-corrected chi connectivity index (χ0v) is 15.1. The van der Waals surface area contributed by atoms with Gasteiger partial charge in [-0.2, -0.15) is 42.8 Å². The van der Waals surface area contributed by atoms with Gasteiger partial charge < -0.3 is 12.2 Å². The van der Waals surface area contributed by atoms with Gasteiger partial charge in [-0.1, -0.05) is 41.0 Å². The first-order chi connectivity index (χ1) is 8.04. The number of hydrogen-bond donors (Lipinski definition) is 0. The molecule has 1 aromatic carbocycles. The van der Waals surface area contributed by atoms with Crippen molar-refractivity contribution in [3.05, 3.63) is 48.6 Å². The van der Waals surface area contributed by atoms with Gasteiger partial charge in [0, 0.05) is 0 Å². The molecule has 0 saturated heterocycles. The van der Waals surface area contributed by atoms with Crippen molar-refractivity contribution in [3.8, 4) is 0 Å². The summed E-state index contributed by atoms with van der Waals surface area (Å²) in [7, 11) is 0. The van der Waals surface area contributed by atoms with Crippen molar-refractivity contribution < 1.29 is 56.6 Å². The van der Waals surface area contributed by atoms with E-state index in [1.165, 1.54) is 6.42 Å². The third kappa shape index (κ3) is 42.8. The Morgan fingerprint density at radius 2 is 1.25 bits per heavy atom. The normalized spacial score (nSPS) is 7.80. The molecule has 1 nitrogen and oxygen atoms in total. The minimum Gasteiger partial charge on any atom is -0.658 e. The van der Waals surface area contributed by atoms with E-state index >= 15 is 0 Å². The molecule has 0 radical (unpaired) electrons. The molecule has 4 heteroatoms. The molecule has 0 unspecified atom stereocenters. The van der Waals surface area contributed by atoms with E-state index in [9.17, 15) is 0 Å². The maximum Gasteiger partial charge on any atom is 1.00 e. The summed E-state index contributed by atoms with van der Waals surface area (Å²) in [5, 5.41) is 4.28. The van der Waals surface area contributed by atoms with Gasteiger partial charge in [0.25, 0.3) is 0 Å². The van der Waals surface area contributed by atoms with Crippen LogP contribution in [0.4, 0.5) is 0 Å². The smallest absolute Gasteiger partial charge is 0.658 e. The molecule has 0 aliphatic rings. The van der Waals surface area contributed by atoms with Crippen molar-refractivity contribution in [1.29, 1.82) is 0 Å². The van der Waals surface area contributed by atoms with E-state index < -0.39 is 0 Å². The van der Waals surface area contributed by atoms with Crippen LogP contribution >= 0.6 is 0 Å². The van der Waals surface area contributed by atoms with Crippen molar-refractivity contribution in [2.75, 3.05) is 0 Å². The zero-order valence-electron chi connectivity index (χ0n) is 15.1. The van der Waals surface area contributed by atoms with Crippen LogP contribution in [0.3, 0.4) is 0 Å². The molecule has 0 spiro atoms. The second kappa shape index (κ2) is 28.2. The molecule has 1 aromatic rings. The molecule has 0 bridgehead atoms. The van der Waals surface area contributed by atoms with Crippen LogP contribution in [0, 0.1) is 13.0 Å². The minimum absolute atomic E-state index is 0. The van der Waals surface area contributed by atoms with E-state index in [1.807, 2.05) is 30.3 Å². The minimum atomic E-state index is 0. The Morgan fingerprint density at radius 1 is 0.900 bits per heavy atom. The largest absolute Gasteiger partial charge is 1.00 e. The summed E-state index contributed by atoms with van der Waals surface area (Å²) in [6.07, 6.45) is 2.28. The third-order valence-corrected chi connectivity index (χ3v) is 1.56. The molecule has 1 rings (SSSR count). The number of unbranched alkanes of at least 4 members (excludes halogenated alkanes) is 1. The summed E-state index contributed by atoms with van der Waals surface area (Å²) in [5.41, 5.74) is 0. The zero-order chi connectivity index (χ0) is 13.5. The molecule has 0 heterocycles. The van der Waals surface area contributed by atoms with E-state index in [4.69, 9.17) is 0 Å².